The van der Waals surface area contributed by atoms with Crippen molar-refractivity contribution in [3.8, 4) is 0 Å². The number of carbonyl (C=O) groups excluding carboxylic acids is 1. The molecule has 2 aromatic rings. The van der Waals surface area contributed by atoms with E-state index in [1.807, 2.05) is 19.3 Å². The van der Waals surface area contributed by atoms with E-state index in [-0.39, 0.29) is 5.91 Å². The highest BCUT2D eigenvalue weighted by molar-refractivity contribution is 9.10. The van der Waals surface area contributed by atoms with Crippen LogP contribution in [0.5, 0.6) is 0 Å². The lowest BCUT2D eigenvalue weighted by atomic mass is 10.2. The van der Waals surface area contributed by atoms with Crippen molar-refractivity contribution >= 4 is 21.8 Å². The van der Waals surface area contributed by atoms with E-state index in [0.717, 1.165) is 5.69 Å². The van der Waals surface area contributed by atoms with Crippen LogP contribution in [0.3, 0.4) is 0 Å². The van der Waals surface area contributed by atoms with Crippen molar-refractivity contribution in [1.29, 1.82) is 0 Å². The number of nitrogens with one attached hydrogen (secondary N) is 1. The second kappa shape index (κ2) is 5.77. The Labute approximate surface area is 113 Å². The molecular formula is C12H13BrN4O. The van der Waals surface area contributed by atoms with Crippen molar-refractivity contribution in [2.75, 3.05) is 6.54 Å². The van der Waals surface area contributed by atoms with E-state index in [1.165, 1.54) is 0 Å². The van der Waals surface area contributed by atoms with Crippen LogP contribution in [0.25, 0.3) is 0 Å². The van der Waals surface area contributed by atoms with Crippen molar-refractivity contribution in [2.45, 2.75) is 6.42 Å². The average Bonchev–Trinajstić information content (AvgIpc) is 2.75. The first kappa shape index (κ1) is 12.8. The lowest BCUT2D eigenvalue weighted by molar-refractivity contribution is 0.0953. The van der Waals surface area contributed by atoms with Crippen LogP contribution >= 0.6 is 15.9 Å². The molecule has 0 saturated carbocycles. The third kappa shape index (κ3) is 3.16. The molecule has 1 N–H and O–H groups in total. The smallest absolute Gasteiger partial charge is 0.254 e. The van der Waals surface area contributed by atoms with Crippen molar-refractivity contribution in [3.05, 3.63) is 46.5 Å². The van der Waals surface area contributed by atoms with Gasteiger partial charge in [-0.05, 0) is 34.1 Å². The standard InChI is InChI=1S/C12H13BrN4O/c1-17-8-5-9(16-17)4-7-15-12(18)10-3-2-6-14-11(10)13/h2-3,5-6,8H,4,7H2,1H3,(H,15,18). The summed E-state index contributed by atoms with van der Waals surface area (Å²) in [6, 6.07) is 5.40. The molecule has 0 aliphatic heterocycles. The molecule has 6 heteroatoms. The molecule has 1 amide bonds. The Morgan fingerprint density at radius 2 is 2.33 bits per heavy atom. The Bertz CT molecular complexity index is 553. The highest BCUT2D eigenvalue weighted by Gasteiger charge is 2.09. The minimum absolute atomic E-state index is 0.133. The van der Waals surface area contributed by atoms with Crippen molar-refractivity contribution < 1.29 is 4.79 Å². The van der Waals surface area contributed by atoms with E-state index >= 15 is 0 Å². The van der Waals surface area contributed by atoms with Gasteiger partial charge in [0.25, 0.3) is 5.91 Å². The van der Waals surface area contributed by atoms with Gasteiger partial charge >= 0.3 is 0 Å². The minimum atomic E-state index is -0.133. The molecule has 0 atom stereocenters. The summed E-state index contributed by atoms with van der Waals surface area (Å²) >= 11 is 3.25. The number of aromatic nitrogens is 3. The number of carbonyl (C=O) groups is 1. The average molecular weight is 309 g/mol. The largest absolute Gasteiger partial charge is 0.352 e. The monoisotopic (exact) mass is 308 g/mol. The SMILES string of the molecule is Cn1ccc(CCNC(=O)c2cccnc2Br)n1. The highest BCUT2D eigenvalue weighted by Crippen LogP contribution is 2.11. The zero-order chi connectivity index (χ0) is 13.0. The van der Waals surface area contributed by atoms with E-state index in [2.05, 4.69) is 31.3 Å². The lowest BCUT2D eigenvalue weighted by Crippen LogP contribution is -2.26. The quantitative estimate of drug-likeness (QED) is 0.872. The Morgan fingerprint density at radius 3 is 3.00 bits per heavy atom. The second-order valence-electron chi connectivity index (χ2n) is 3.83. The van der Waals surface area contributed by atoms with Gasteiger partial charge in [-0.3, -0.25) is 9.48 Å². The summed E-state index contributed by atoms with van der Waals surface area (Å²) in [4.78, 5) is 15.9. The predicted molar refractivity (Wildman–Crippen MR) is 71.2 cm³/mol. The first-order valence-corrected chi connectivity index (χ1v) is 6.33. The Kier molecular flexibility index (Phi) is 4.09. The van der Waals surface area contributed by atoms with Crippen molar-refractivity contribution in [1.82, 2.24) is 20.1 Å². The predicted octanol–water partition coefficient (Wildman–Crippen LogP) is 1.55. The van der Waals surface area contributed by atoms with Gasteiger partial charge in [0.2, 0.25) is 0 Å². The van der Waals surface area contributed by atoms with Crippen LogP contribution in [0.4, 0.5) is 0 Å². The third-order valence-corrected chi connectivity index (χ3v) is 3.07. The fourth-order valence-electron chi connectivity index (χ4n) is 1.55. The van der Waals surface area contributed by atoms with E-state index in [0.29, 0.717) is 23.1 Å². The molecule has 2 rings (SSSR count). The second-order valence-corrected chi connectivity index (χ2v) is 4.58. The van der Waals surface area contributed by atoms with Gasteiger partial charge < -0.3 is 5.32 Å². The fraction of sp³-hybridized carbons (Fsp3) is 0.250. The van der Waals surface area contributed by atoms with E-state index < -0.39 is 0 Å². The molecule has 0 radical (unpaired) electrons. The Morgan fingerprint density at radius 1 is 1.50 bits per heavy atom. The van der Waals surface area contributed by atoms with Crippen LogP contribution in [-0.4, -0.2) is 27.2 Å². The summed E-state index contributed by atoms with van der Waals surface area (Å²) in [5, 5.41) is 7.08. The summed E-state index contributed by atoms with van der Waals surface area (Å²) in [6.07, 6.45) is 4.23. The van der Waals surface area contributed by atoms with Crippen molar-refractivity contribution in [3.63, 3.8) is 0 Å². The van der Waals surface area contributed by atoms with Gasteiger partial charge in [0.15, 0.2) is 0 Å². The summed E-state index contributed by atoms with van der Waals surface area (Å²) in [5.74, 6) is -0.133. The molecule has 0 saturated heterocycles. The molecule has 0 fully saturated rings. The molecule has 0 aliphatic carbocycles. The minimum Gasteiger partial charge on any atom is -0.352 e. The molecule has 0 spiro atoms. The molecule has 2 heterocycles. The first-order valence-electron chi connectivity index (χ1n) is 5.54. The topological polar surface area (TPSA) is 59.8 Å². The van der Waals surface area contributed by atoms with Crippen LogP contribution in [0.15, 0.2) is 35.2 Å². The normalized spacial score (nSPS) is 10.3. The zero-order valence-corrected chi connectivity index (χ0v) is 11.5. The van der Waals surface area contributed by atoms with Crippen molar-refractivity contribution in [2.24, 2.45) is 7.05 Å². The molecule has 0 bridgehead atoms. The number of pyridine rings is 1. The summed E-state index contributed by atoms with van der Waals surface area (Å²) in [6.45, 7) is 0.553. The molecule has 5 nitrogen and oxygen atoms in total. The number of halogens is 1. The highest BCUT2D eigenvalue weighted by atomic mass is 79.9. The molecular weight excluding hydrogens is 296 g/mol. The summed E-state index contributed by atoms with van der Waals surface area (Å²) < 4.78 is 2.30. The number of aryl methyl sites for hydroxylation is 1. The number of rotatable bonds is 4. The lowest BCUT2D eigenvalue weighted by Gasteiger charge is -2.05. The Balaban J connectivity index is 1.87. The van der Waals surface area contributed by atoms with E-state index in [4.69, 9.17) is 0 Å². The third-order valence-electron chi connectivity index (χ3n) is 2.44. The number of hydrogen-bond donors (Lipinski definition) is 1. The van der Waals surface area contributed by atoms with Crippen LogP contribution in [0.1, 0.15) is 16.1 Å². The maximum atomic E-state index is 11.9. The van der Waals surface area contributed by atoms with Crippen LogP contribution in [-0.2, 0) is 13.5 Å². The number of hydrogen-bond acceptors (Lipinski definition) is 3. The van der Waals surface area contributed by atoms with Gasteiger partial charge in [0.1, 0.15) is 4.60 Å². The fourth-order valence-corrected chi connectivity index (χ4v) is 1.98. The summed E-state index contributed by atoms with van der Waals surface area (Å²) in [7, 11) is 1.87. The van der Waals surface area contributed by atoms with Gasteiger partial charge in [-0.2, -0.15) is 5.10 Å². The van der Waals surface area contributed by atoms with Gasteiger partial charge in [-0.15, -0.1) is 0 Å². The molecule has 2 aromatic heterocycles. The maximum absolute atomic E-state index is 11.9. The molecule has 18 heavy (non-hydrogen) atoms. The zero-order valence-electron chi connectivity index (χ0n) is 9.93. The van der Waals surface area contributed by atoms with E-state index in [9.17, 15) is 4.79 Å². The van der Waals surface area contributed by atoms with Gasteiger partial charge in [-0.1, -0.05) is 0 Å². The molecule has 0 aliphatic rings. The van der Waals surface area contributed by atoms with Gasteiger partial charge in [0.05, 0.1) is 11.3 Å². The summed E-state index contributed by atoms with van der Waals surface area (Å²) in [5.41, 5.74) is 1.50. The first-order chi connectivity index (χ1) is 8.66. The number of nitrogens with zero attached hydrogens (tertiary/aromatic N) is 3. The Hall–Kier alpha value is -1.69. The molecule has 0 unspecified atom stereocenters. The van der Waals surface area contributed by atoms with Gasteiger partial charge in [-0.25, -0.2) is 4.98 Å². The van der Waals surface area contributed by atoms with Crippen LogP contribution < -0.4 is 5.32 Å². The van der Waals surface area contributed by atoms with Crippen LogP contribution in [0, 0.1) is 0 Å². The van der Waals surface area contributed by atoms with Crippen LogP contribution in [0.2, 0.25) is 0 Å². The molecule has 94 valence electrons. The van der Waals surface area contributed by atoms with Gasteiger partial charge in [0, 0.05) is 32.4 Å². The molecule has 0 aromatic carbocycles. The number of amides is 1. The maximum Gasteiger partial charge on any atom is 0.254 e. The van der Waals surface area contributed by atoms with E-state index in [1.54, 1.807) is 23.0 Å².